The van der Waals surface area contributed by atoms with Gasteiger partial charge < -0.3 is 15.4 Å². The van der Waals surface area contributed by atoms with E-state index in [0.717, 1.165) is 24.0 Å². The molecule has 0 aliphatic carbocycles. The zero-order chi connectivity index (χ0) is 13.9. The molecule has 0 aliphatic heterocycles. The van der Waals surface area contributed by atoms with Gasteiger partial charge in [0.1, 0.15) is 0 Å². The van der Waals surface area contributed by atoms with Gasteiger partial charge in [-0.3, -0.25) is 4.79 Å². The Morgan fingerprint density at radius 1 is 1.30 bits per heavy atom. The topological polar surface area (TPSA) is 50.4 Å². The van der Waals surface area contributed by atoms with Crippen LogP contribution in [-0.2, 0) is 16.0 Å². The van der Waals surface area contributed by atoms with Crippen LogP contribution in [0.5, 0.6) is 0 Å². The number of rotatable bonds is 9. The summed E-state index contributed by atoms with van der Waals surface area (Å²) in [6, 6.07) is 8.04. The van der Waals surface area contributed by atoms with E-state index in [4.69, 9.17) is 4.74 Å². The van der Waals surface area contributed by atoms with Crippen LogP contribution in [-0.4, -0.2) is 39.3 Å². The fraction of sp³-hybridized carbons (Fsp3) is 0.500. The smallest absolute Gasteiger partial charge is 0.220 e. The van der Waals surface area contributed by atoms with Gasteiger partial charge in [-0.25, -0.2) is 0 Å². The average Bonchev–Trinajstić information content (AvgIpc) is 2.40. The first-order valence-corrected chi connectivity index (χ1v) is 7.22. The molecule has 0 bridgehead atoms. The molecule has 0 fully saturated rings. The lowest BCUT2D eigenvalue weighted by atomic mass is 10.1. The maximum atomic E-state index is 11.6. The number of nitrogens with one attached hydrogen (secondary N) is 2. The molecule has 1 aromatic rings. The van der Waals surface area contributed by atoms with Crippen LogP contribution in [0.15, 0.2) is 28.7 Å². The monoisotopic (exact) mass is 364 g/mol. The van der Waals surface area contributed by atoms with Crippen molar-refractivity contribution in [3.63, 3.8) is 0 Å². The predicted molar refractivity (Wildman–Crippen MR) is 87.5 cm³/mol. The number of carbonyl (C=O) groups excluding carboxylic acids is 1. The predicted octanol–water partition coefficient (Wildman–Crippen LogP) is 2.16. The van der Waals surface area contributed by atoms with Gasteiger partial charge in [-0.2, -0.15) is 0 Å². The molecule has 4 nitrogen and oxygen atoms in total. The molecule has 0 unspecified atom stereocenters. The SMILES string of the molecule is COCCNCCNC(=O)CCc1cccc(Br)c1.Cl. The Balaban J connectivity index is 0.00000361. The maximum Gasteiger partial charge on any atom is 0.220 e. The van der Waals surface area contributed by atoms with Gasteiger partial charge in [-0.15, -0.1) is 12.4 Å². The Morgan fingerprint density at radius 2 is 2.10 bits per heavy atom. The third-order valence-electron chi connectivity index (χ3n) is 2.64. The second-order valence-electron chi connectivity index (χ2n) is 4.22. The fourth-order valence-electron chi connectivity index (χ4n) is 1.63. The Labute approximate surface area is 135 Å². The first-order valence-electron chi connectivity index (χ1n) is 6.43. The molecule has 0 saturated heterocycles. The summed E-state index contributed by atoms with van der Waals surface area (Å²) in [4.78, 5) is 11.6. The summed E-state index contributed by atoms with van der Waals surface area (Å²) in [5.74, 6) is 0.0912. The van der Waals surface area contributed by atoms with Gasteiger partial charge in [0.25, 0.3) is 0 Å². The normalized spacial score (nSPS) is 9.90. The van der Waals surface area contributed by atoms with Gasteiger partial charge in [0.15, 0.2) is 0 Å². The van der Waals surface area contributed by atoms with Gasteiger partial charge >= 0.3 is 0 Å². The van der Waals surface area contributed by atoms with Crippen LogP contribution < -0.4 is 10.6 Å². The Kier molecular flexibility index (Phi) is 11.8. The third-order valence-corrected chi connectivity index (χ3v) is 3.13. The zero-order valence-electron chi connectivity index (χ0n) is 11.7. The van der Waals surface area contributed by atoms with E-state index < -0.39 is 0 Å². The number of halogens is 2. The molecule has 1 amide bonds. The number of aryl methyl sites for hydroxylation is 1. The quantitative estimate of drug-likeness (QED) is 0.659. The molecule has 114 valence electrons. The third kappa shape index (κ3) is 9.31. The number of hydrogen-bond acceptors (Lipinski definition) is 3. The molecule has 1 aromatic carbocycles. The molecule has 20 heavy (non-hydrogen) atoms. The minimum absolute atomic E-state index is 0. The summed E-state index contributed by atoms with van der Waals surface area (Å²) in [5.41, 5.74) is 1.17. The number of carbonyl (C=O) groups is 1. The molecule has 0 radical (unpaired) electrons. The van der Waals surface area contributed by atoms with Crippen LogP contribution in [0.25, 0.3) is 0 Å². The van der Waals surface area contributed by atoms with Gasteiger partial charge in [0.2, 0.25) is 5.91 Å². The Bertz CT molecular complexity index is 391. The largest absolute Gasteiger partial charge is 0.383 e. The van der Waals surface area contributed by atoms with Gasteiger partial charge in [0.05, 0.1) is 6.61 Å². The van der Waals surface area contributed by atoms with E-state index in [-0.39, 0.29) is 18.3 Å². The van der Waals surface area contributed by atoms with Crippen molar-refractivity contribution in [1.29, 1.82) is 0 Å². The number of benzene rings is 1. The Hall–Kier alpha value is -0.620. The minimum Gasteiger partial charge on any atom is -0.383 e. The van der Waals surface area contributed by atoms with Gasteiger partial charge in [-0.1, -0.05) is 28.1 Å². The van der Waals surface area contributed by atoms with Crippen LogP contribution in [0.1, 0.15) is 12.0 Å². The number of hydrogen-bond donors (Lipinski definition) is 2. The van der Waals surface area contributed by atoms with Crippen molar-refractivity contribution >= 4 is 34.2 Å². The van der Waals surface area contributed by atoms with Crippen LogP contribution in [0.4, 0.5) is 0 Å². The van der Waals surface area contributed by atoms with Crippen molar-refractivity contribution < 1.29 is 9.53 Å². The molecule has 0 atom stereocenters. The van der Waals surface area contributed by atoms with Crippen molar-refractivity contribution in [2.24, 2.45) is 0 Å². The van der Waals surface area contributed by atoms with Crippen LogP contribution in [0, 0.1) is 0 Å². The molecule has 0 heterocycles. The van der Waals surface area contributed by atoms with Crippen LogP contribution in [0.3, 0.4) is 0 Å². The lowest BCUT2D eigenvalue weighted by Crippen LogP contribution is -2.33. The fourth-order valence-corrected chi connectivity index (χ4v) is 2.07. The highest BCUT2D eigenvalue weighted by Crippen LogP contribution is 2.12. The lowest BCUT2D eigenvalue weighted by molar-refractivity contribution is -0.121. The van der Waals surface area contributed by atoms with E-state index in [0.29, 0.717) is 19.6 Å². The highest BCUT2D eigenvalue weighted by molar-refractivity contribution is 9.10. The number of methoxy groups -OCH3 is 1. The first-order chi connectivity index (χ1) is 9.22. The van der Waals surface area contributed by atoms with Crippen LogP contribution in [0.2, 0.25) is 0 Å². The first kappa shape index (κ1) is 19.4. The second kappa shape index (κ2) is 12.1. The highest BCUT2D eigenvalue weighted by atomic mass is 79.9. The lowest BCUT2D eigenvalue weighted by Gasteiger charge is -2.07. The molecule has 2 N–H and O–H groups in total. The Morgan fingerprint density at radius 3 is 2.80 bits per heavy atom. The molecule has 6 heteroatoms. The number of ether oxygens (including phenoxy) is 1. The molecular formula is C14H22BrClN2O2. The van der Waals surface area contributed by atoms with E-state index in [2.05, 4.69) is 26.6 Å². The van der Waals surface area contributed by atoms with Crippen LogP contribution >= 0.6 is 28.3 Å². The van der Waals surface area contributed by atoms with Gasteiger partial charge in [0, 0.05) is 37.6 Å². The molecule has 0 spiro atoms. The molecular weight excluding hydrogens is 344 g/mol. The van der Waals surface area contributed by atoms with Gasteiger partial charge in [-0.05, 0) is 24.1 Å². The number of amides is 1. The molecule has 1 rings (SSSR count). The second-order valence-corrected chi connectivity index (χ2v) is 5.14. The van der Waals surface area contributed by atoms with E-state index >= 15 is 0 Å². The minimum atomic E-state index is 0. The van der Waals surface area contributed by atoms with Crippen molar-refractivity contribution in [2.45, 2.75) is 12.8 Å². The standard InChI is InChI=1S/C14H21BrN2O2.ClH/c1-19-10-9-16-7-8-17-14(18)6-5-12-3-2-4-13(15)11-12;/h2-4,11,16H,5-10H2,1H3,(H,17,18);1H. The maximum absolute atomic E-state index is 11.6. The summed E-state index contributed by atoms with van der Waals surface area (Å²) in [6.45, 7) is 2.92. The van der Waals surface area contributed by atoms with E-state index in [1.807, 2.05) is 24.3 Å². The van der Waals surface area contributed by atoms with E-state index in [9.17, 15) is 4.79 Å². The van der Waals surface area contributed by atoms with E-state index in [1.165, 1.54) is 5.56 Å². The summed E-state index contributed by atoms with van der Waals surface area (Å²) in [6.07, 6.45) is 1.29. The van der Waals surface area contributed by atoms with Crippen molar-refractivity contribution in [1.82, 2.24) is 10.6 Å². The highest BCUT2D eigenvalue weighted by Gasteiger charge is 2.01. The summed E-state index contributed by atoms with van der Waals surface area (Å²) in [7, 11) is 1.67. The van der Waals surface area contributed by atoms with Crippen molar-refractivity contribution in [3.05, 3.63) is 34.3 Å². The van der Waals surface area contributed by atoms with E-state index in [1.54, 1.807) is 7.11 Å². The van der Waals surface area contributed by atoms with Crippen molar-refractivity contribution in [2.75, 3.05) is 33.4 Å². The molecule has 0 saturated carbocycles. The molecule has 0 aromatic heterocycles. The summed E-state index contributed by atoms with van der Waals surface area (Å²) < 4.78 is 5.96. The zero-order valence-corrected chi connectivity index (χ0v) is 14.1. The summed E-state index contributed by atoms with van der Waals surface area (Å²) >= 11 is 3.42. The molecule has 0 aliphatic rings. The summed E-state index contributed by atoms with van der Waals surface area (Å²) in [5, 5.41) is 6.07. The average molecular weight is 366 g/mol. The van der Waals surface area contributed by atoms with Crippen molar-refractivity contribution in [3.8, 4) is 0 Å².